The molecule has 3 rings (SSSR count). The van der Waals surface area contributed by atoms with Gasteiger partial charge in [0.1, 0.15) is 6.54 Å². The lowest BCUT2D eigenvalue weighted by atomic mass is 9.91. The molecule has 5 heteroatoms. The average molecular weight is 315 g/mol. The number of nitrogens with zero attached hydrogens (tertiary/aromatic N) is 2. The summed E-state index contributed by atoms with van der Waals surface area (Å²) < 4.78 is 0. The first-order valence-electron chi connectivity index (χ1n) is 8.40. The Morgan fingerprint density at radius 1 is 1.22 bits per heavy atom. The summed E-state index contributed by atoms with van der Waals surface area (Å²) in [5, 5.41) is 2.83. The molecule has 0 unspecified atom stereocenters. The molecule has 1 saturated heterocycles. The first-order chi connectivity index (χ1) is 11.0. The van der Waals surface area contributed by atoms with Crippen molar-refractivity contribution in [3.8, 4) is 0 Å². The van der Waals surface area contributed by atoms with Gasteiger partial charge in [-0.15, -0.1) is 0 Å². The monoisotopic (exact) mass is 315 g/mol. The second-order valence-electron chi connectivity index (χ2n) is 7.07. The highest BCUT2D eigenvalue weighted by Crippen LogP contribution is 2.30. The van der Waals surface area contributed by atoms with Crippen LogP contribution in [0.25, 0.3) is 0 Å². The van der Waals surface area contributed by atoms with Crippen molar-refractivity contribution >= 4 is 23.2 Å². The molecule has 23 heavy (non-hydrogen) atoms. The summed E-state index contributed by atoms with van der Waals surface area (Å²) in [7, 11) is 0. The number of piperidine rings is 1. The molecule has 0 saturated carbocycles. The zero-order valence-corrected chi connectivity index (χ0v) is 14.1. The fourth-order valence-corrected chi connectivity index (χ4v) is 3.84. The van der Waals surface area contributed by atoms with Crippen molar-refractivity contribution in [1.29, 1.82) is 0 Å². The summed E-state index contributed by atoms with van der Waals surface area (Å²) in [6.07, 6.45) is 1.21. The number of hydrogen-bond acceptors (Lipinski definition) is 3. The maximum atomic E-state index is 13.0. The first kappa shape index (κ1) is 16.0. The van der Waals surface area contributed by atoms with Crippen molar-refractivity contribution in [1.82, 2.24) is 4.90 Å². The third kappa shape index (κ3) is 3.24. The summed E-state index contributed by atoms with van der Waals surface area (Å²) >= 11 is 0. The minimum absolute atomic E-state index is 0.00796. The van der Waals surface area contributed by atoms with Gasteiger partial charge in [-0.3, -0.25) is 19.4 Å². The summed E-state index contributed by atoms with van der Waals surface area (Å²) in [5.41, 5.74) is 1.51. The number of fused-ring (bicyclic) bond motifs is 1. The van der Waals surface area contributed by atoms with Crippen molar-refractivity contribution in [2.75, 3.05) is 29.9 Å². The van der Waals surface area contributed by atoms with E-state index in [0.29, 0.717) is 17.5 Å². The minimum Gasteiger partial charge on any atom is -0.323 e. The Kier molecular flexibility index (Phi) is 4.39. The van der Waals surface area contributed by atoms with Crippen LogP contribution < -0.4 is 10.2 Å². The van der Waals surface area contributed by atoms with Crippen molar-refractivity contribution in [2.24, 2.45) is 11.8 Å². The van der Waals surface area contributed by atoms with E-state index in [1.165, 1.54) is 6.42 Å². The van der Waals surface area contributed by atoms with E-state index >= 15 is 0 Å². The average Bonchev–Trinajstić information content (AvgIpc) is 2.51. The topological polar surface area (TPSA) is 52.7 Å². The van der Waals surface area contributed by atoms with Gasteiger partial charge in [0.15, 0.2) is 0 Å². The maximum Gasteiger partial charge on any atom is 0.244 e. The Morgan fingerprint density at radius 3 is 2.57 bits per heavy atom. The van der Waals surface area contributed by atoms with E-state index < -0.39 is 0 Å². The van der Waals surface area contributed by atoms with Gasteiger partial charge in [-0.05, 0) is 37.3 Å². The third-order valence-electron chi connectivity index (χ3n) is 4.84. The quantitative estimate of drug-likeness (QED) is 0.911. The predicted octanol–water partition coefficient (Wildman–Crippen LogP) is 2.34. The molecule has 0 radical (unpaired) electrons. The SMILES string of the molecule is C[C@@H]1C[C@@H](C)CN([C@@H](C)C(=O)N2CC(=O)Nc3ccccc32)C1. The van der Waals surface area contributed by atoms with Crippen LogP contribution in [0, 0.1) is 11.8 Å². The molecule has 2 aliphatic rings. The van der Waals surface area contributed by atoms with Crippen LogP contribution in [0.15, 0.2) is 24.3 Å². The zero-order valence-electron chi connectivity index (χ0n) is 14.1. The number of nitrogens with one attached hydrogen (secondary N) is 1. The highest BCUT2D eigenvalue weighted by Gasteiger charge is 2.34. The van der Waals surface area contributed by atoms with E-state index in [4.69, 9.17) is 0 Å². The van der Waals surface area contributed by atoms with E-state index in [-0.39, 0.29) is 24.4 Å². The van der Waals surface area contributed by atoms with Gasteiger partial charge in [0.2, 0.25) is 11.8 Å². The van der Waals surface area contributed by atoms with Gasteiger partial charge in [-0.25, -0.2) is 0 Å². The van der Waals surface area contributed by atoms with Gasteiger partial charge in [0, 0.05) is 13.1 Å². The summed E-state index contributed by atoms with van der Waals surface area (Å²) in [6, 6.07) is 7.28. The lowest BCUT2D eigenvalue weighted by Crippen LogP contribution is -2.54. The number of rotatable bonds is 2. The molecule has 5 nitrogen and oxygen atoms in total. The van der Waals surface area contributed by atoms with Crippen LogP contribution in [0.2, 0.25) is 0 Å². The van der Waals surface area contributed by atoms with Crippen LogP contribution in [0.5, 0.6) is 0 Å². The second kappa shape index (κ2) is 6.32. The van der Waals surface area contributed by atoms with Crippen LogP contribution in [-0.2, 0) is 9.59 Å². The highest BCUT2D eigenvalue weighted by molar-refractivity contribution is 6.11. The van der Waals surface area contributed by atoms with Gasteiger partial charge in [-0.1, -0.05) is 26.0 Å². The molecule has 1 N–H and O–H groups in total. The fourth-order valence-electron chi connectivity index (χ4n) is 3.84. The summed E-state index contributed by atoms with van der Waals surface area (Å²) in [6.45, 7) is 8.42. The number of hydrogen-bond donors (Lipinski definition) is 1. The van der Waals surface area contributed by atoms with Crippen molar-refractivity contribution in [3.63, 3.8) is 0 Å². The minimum atomic E-state index is -0.209. The number of amides is 2. The molecule has 2 amide bonds. The van der Waals surface area contributed by atoms with Crippen molar-refractivity contribution in [2.45, 2.75) is 33.2 Å². The molecule has 0 bridgehead atoms. The molecular weight excluding hydrogens is 290 g/mol. The molecule has 0 aromatic heterocycles. The van der Waals surface area contributed by atoms with E-state index in [0.717, 1.165) is 18.8 Å². The third-order valence-corrected chi connectivity index (χ3v) is 4.84. The van der Waals surface area contributed by atoms with Gasteiger partial charge >= 0.3 is 0 Å². The molecule has 1 fully saturated rings. The van der Waals surface area contributed by atoms with Crippen LogP contribution in [0.4, 0.5) is 11.4 Å². The van der Waals surface area contributed by atoms with E-state index in [1.54, 1.807) is 4.90 Å². The van der Waals surface area contributed by atoms with Crippen molar-refractivity contribution < 1.29 is 9.59 Å². The van der Waals surface area contributed by atoms with Gasteiger partial charge < -0.3 is 5.32 Å². The smallest absolute Gasteiger partial charge is 0.244 e. The van der Waals surface area contributed by atoms with Crippen LogP contribution in [0.1, 0.15) is 27.2 Å². The fraction of sp³-hybridized carbons (Fsp3) is 0.556. The first-order valence-corrected chi connectivity index (χ1v) is 8.40. The number of likely N-dealkylation sites (tertiary alicyclic amines) is 1. The molecule has 0 spiro atoms. The Bertz CT molecular complexity index is 606. The number of carbonyl (C=O) groups excluding carboxylic acids is 2. The van der Waals surface area contributed by atoms with Crippen LogP contribution >= 0.6 is 0 Å². The van der Waals surface area contributed by atoms with E-state index in [1.807, 2.05) is 31.2 Å². The molecule has 0 aliphatic carbocycles. The van der Waals surface area contributed by atoms with Crippen LogP contribution in [-0.4, -0.2) is 42.4 Å². The summed E-state index contributed by atoms with van der Waals surface area (Å²) in [4.78, 5) is 28.8. The normalized spacial score (nSPS) is 26.4. The summed E-state index contributed by atoms with van der Waals surface area (Å²) in [5.74, 6) is 1.08. The number of carbonyl (C=O) groups is 2. The second-order valence-corrected chi connectivity index (χ2v) is 7.07. The lowest BCUT2D eigenvalue weighted by Gasteiger charge is -2.40. The number of benzene rings is 1. The molecule has 124 valence electrons. The Labute approximate surface area is 137 Å². The van der Waals surface area contributed by atoms with Crippen molar-refractivity contribution in [3.05, 3.63) is 24.3 Å². The van der Waals surface area contributed by atoms with Gasteiger partial charge in [0.05, 0.1) is 17.4 Å². The maximum absolute atomic E-state index is 13.0. The molecule has 1 aromatic carbocycles. The van der Waals surface area contributed by atoms with Gasteiger partial charge in [-0.2, -0.15) is 0 Å². The molecule has 3 atom stereocenters. The van der Waals surface area contributed by atoms with E-state index in [9.17, 15) is 9.59 Å². The predicted molar refractivity (Wildman–Crippen MR) is 91.4 cm³/mol. The van der Waals surface area contributed by atoms with Crippen LogP contribution in [0.3, 0.4) is 0 Å². The number of anilines is 2. The molecular formula is C18H25N3O2. The Hall–Kier alpha value is -1.88. The molecule has 2 heterocycles. The van der Waals surface area contributed by atoms with Gasteiger partial charge in [0.25, 0.3) is 0 Å². The lowest BCUT2D eigenvalue weighted by molar-refractivity contribution is -0.126. The largest absolute Gasteiger partial charge is 0.323 e. The van der Waals surface area contributed by atoms with E-state index in [2.05, 4.69) is 24.1 Å². The molecule has 2 aliphatic heterocycles. The number of para-hydroxylation sites is 2. The standard InChI is InChI=1S/C18H25N3O2/c1-12-8-13(2)10-20(9-12)14(3)18(23)21-11-17(22)19-15-6-4-5-7-16(15)21/h4-7,12-14H,8-11H2,1-3H3,(H,19,22)/t12-,13-,14+/m1/s1. The Balaban J connectivity index is 1.81. The Morgan fingerprint density at radius 2 is 1.87 bits per heavy atom. The molecule has 1 aromatic rings. The zero-order chi connectivity index (χ0) is 16.6. The highest BCUT2D eigenvalue weighted by atomic mass is 16.2.